The molecule has 0 N–H and O–H groups in total. The average molecular weight is 214 g/mol. The van der Waals surface area contributed by atoms with Crippen molar-refractivity contribution in [1.29, 1.82) is 0 Å². The lowest BCUT2D eigenvalue weighted by molar-refractivity contribution is 0.415. The largest absolute Gasteiger partial charge is 0.495 e. The summed E-state index contributed by atoms with van der Waals surface area (Å²) in [7, 11) is 3.62. The van der Waals surface area contributed by atoms with E-state index in [1.807, 2.05) is 18.0 Å². The van der Waals surface area contributed by atoms with Gasteiger partial charge in [0.1, 0.15) is 5.75 Å². The maximum absolute atomic E-state index is 5.78. The number of nitrogens with zero attached hydrogens (tertiary/aromatic N) is 1. The second kappa shape index (κ2) is 5.11. The molecule has 0 aromatic heterocycles. The van der Waals surface area contributed by atoms with Crippen LogP contribution in [-0.2, 0) is 6.42 Å². The van der Waals surface area contributed by atoms with E-state index in [-0.39, 0.29) is 0 Å². The fraction of sp³-hybridized carbons (Fsp3) is 0.455. The molecule has 0 aliphatic heterocycles. The van der Waals surface area contributed by atoms with Crippen molar-refractivity contribution in [3.63, 3.8) is 0 Å². The monoisotopic (exact) mass is 213 g/mol. The molecule has 0 heterocycles. The van der Waals surface area contributed by atoms with Gasteiger partial charge < -0.3 is 9.64 Å². The van der Waals surface area contributed by atoms with Crippen LogP contribution >= 0.6 is 11.6 Å². The highest BCUT2D eigenvalue weighted by molar-refractivity contribution is 6.19. The van der Waals surface area contributed by atoms with E-state index in [9.17, 15) is 0 Å². The lowest BCUT2D eigenvalue weighted by atomic mass is 10.1. The fourth-order valence-electron chi connectivity index (χ4n) is 1.32. The lowest BCUT2D eigenvalue weighted by Gasteiger charge is -2.19. The van der Waals surface area contributed by atoms with Crippen molar-refractivity contribution >= 4 is 17.3 Å². The highest BCUT2D eigenvalue weighted by Crippen LogP contribution is 2.28. The van der Waals surface area contributed by atoms with Crippen LogP contribution < -0.4 is 9.64 Å². The molecular formula is C11H16ClNO. The van der Waals surface area contributed by atoms with Gasteiger partial charge in [-0.15, -0.1) is 11.6 Å². The van der Waals surface area contributed by atoms with E-state index in [1.54, 1.807) is 7.11 Å². The predicted octanol–water partition coefficient (Wildman–Crippen LogP) is 2.89. The van der Waals surface area contributed by atoms with E-state index in [0.29, 0.717) is 6.00 Å². The Balaban J connectivity index is 3.08. The van der Waals surface area contributed by atoms with Crippen LogP contribution in [-0.4, -0.2) is 20.2 Å². The Kier molecular flexibility index (Phi) is 4.08. The predicted molar refractivity (Wildman–Crippen MR) is 61.5 cm³/mol. The molecule has 0 fully saturated rings. The Labute approximate surface area is 90.4 Å². The molecule has 0 amide bonds. The molecule has 0 bridgehead atoms. The van der Waals surface area contributed by atoms with Gasteiger partial charge in [-0.2, -0.15) is 0 Å². The van der Waals surface area contributed by atoms with Gasteiger partial charge in [-0.1, -0.05) is 13.0 Å². The maximum Gasteiger partial charge on any atom is 0.142 e. The summed E-state index contributed by atoms with van der Waals surface area (Å²) in [5.41, 5.74) is 2.33. The van der Waals surface area contributed by atoms with Gasteiger partial charge in [0.15, 0.2) is 0 Å². The topological polar surface area (TPSA) is 12.5 Å². The van der Waals surface area contributed by atoms with Gasteiger partial charge in [0.05, 0.1) is 18.8 Å². The summed E-state index contributed by atoms with van der Waals surface area (Å²) in [6, 6.07) is 6.63. The zero-order chi connectivity index (χ0) is 10.6. The first-order valence-corrected chi connectivity index (χ1v) is 5.20. The number of hydrogen-bond donors (Lipinski definition) is 0. The average Bonchev–Trinajstić information content (AvgIpc) is 2.27. The molecule has 0 atom stereocenters. The van der Waals surface area contributed by atoms with Crippen molar-refractivity contribution in [3.05, 3.63) is 23.8 Å². The first-order chi connectivity index (χ1) is 6.72. The molecule has 0 saturated heterocycles. The summed E-state index contributed by atoms with van der Waals surface area (Å²) in [5, 5.41) is 0. The first kappa shape index (κ1) is 11.2. The Morgan fingerprint density at radius 2 is 2.14 bits per heavy atom. The van der Waals surface area contributed by atoms with Crippen molar-refractivity contribution in [2.24, 2.45) is 0 Å². The highest BCUT2D eigenvalue weighted by atomic mass is 35.5. The Bertz CT molecular complexity index is 301. The minimum absolute atomic E-state index is 0.462. The van der Waals surface area contributed by atoms with Crippen LogP contribution in [0.2, 0.25) is 0 Å². The normalized spacial score (nSPS) is 10.0. The number of anilines is 1. The summed E-state index contributed by atoms with van der Waals surface area (Å²) in [5.74, 6) is 0.866. The third kappa shape index (κ3) is 2.32. The third-order valence-corrected chi connectivity index (χ3v) is 2.60. The quantitative estimate of drug-likeness (QED) is 0.563. The molecule has 78 valence electrons. The van der Waals surface area contributed by atoms with E-state index >= 15 is 0 Å². The number of aryl methyl sites for hydroxylation is 1. The van der Waals surface area contributed by atoms with Crippen LogP contribution in [0.5, 0.6) is 5.75 Å². The Hall–Kier alpha value is -0.890. The number of hydrogen-bond acceptors (Lipinski definition) is 2. The van der Waals surface area contributed by atoms with E-state index in [2.05, 4.69) is 19.1 Å². The van der Waals surface area contributed by atoms with Crippen LogP contribution in [0, 0.1) is 0 Å². The number of alkyl halides is 1. The van der Waals surface area contributed by atoms with Crippen molar-refractivity contribution in [2.75, 3.05) is 25.1 Å². The number of ether oxygens (including phenoxy) is 1. The zero-order valence-electron chi connectivity index (χ0n) is 8.88. The lowest BCUT2D eigenvalue weighted by Crippen LogP contribution is -2.15. The molecule has 0 aliphatic carbocycles. The van der Waals surface area contributed by atoms with Gasteiger partial charge in [-0.3, -0.25) is 0 Å². The van der Waals surface area contributed by atoms with Crippen molar-refractivity contribution in [1.82, 2.24) is 0 Å². The molecule has 2 nitrogen and oxygen atoms in total. The molecule has 0 spiro atoms. The number of benzene rings is 1. The fourth-order valence-corrected chi connectivity index (χ4v) is 1.45. The van der Waals surface area contributed by atoms with Crippen molar-refractivity contribution in [2.45, 2.75) is 13.3 Å². The smallest absolute Gasteiger partial charge is 0.142 e. The van der Waals surface area contributed by atoms with E-state index in [4.69, 9.17) is 16.3 Å². The Morgan fingerprint density at radius 1 is 1.43 bits per heavy atom. The van der Waals surface area contributed by atoms with Crippen molar-refractivity contribution in [3.8, 4) is 5.75 Å². The minimum atomic E-state index is 0.462. The van der Waals surface area contributed by atoms with E-state index in [1.165, 1.54) is 5.56 Å². The molecule has 3 heteroatoms. The summed E-state index contributed by atoms with van der Waals surface area (Å²) in [6.45, 7) is 2.13. The second-order valence-electron chi connectivity index (χ2n) is 3.18. The minimum Gasteiger partial charge on any atom is -0.495 e. The van der Waals surface area contributed by atoms with Crippen LogP contribution in [0.4, 0.5) is 5.69 Å². The van der Waals surface area contributed by atoms with Crippen LogP contribution in [0.3, 0.4) is 0 Å². The van der Waals surface area contributed by atoms with Gasteiger partial charge in [0.2, 0.25) is 0 Å². The molecule has 1 rings (SSSR count). The number of methoxy groups -OCH3 is 1. The summed E-state index contributed by atoms with van der Waals surface area (Å²) < 4.78 is 5.27. The van der Waals surface area contributed by atoms with Crippen LogP contribution in [0.1, 0.15) is 12.5 Å². The standard InChI is InChI=1S/C11H16ClNO/c1-4-9-5-6-11(14-3)10(7-9)13(2)8-12/h5-7H,4,8H2,1-3H3. The molecule has 0 radical (unpaired) electrons. The molecule has 0 unspecified atom stereocenters. The van der Waals surface area contributed by atoms with Crippen molar-refractivity contribution < 1.29 is 4.74 Å². The summed E-state index contributed by atoms with van der Waals surface area (Å²) in [6.07, 6.45) is 1.02. The molecule has 1 aromatic rings. The molecule has 14 heavy (non-hydrogen) atoms. The van der Waals surface area contributed by atoms with Crippen LogP contribution in [0.15, 0.2) is 18.2 Å². The van der Waals surface area contributed by atoms with Gasteiger partial charge in [0.25, 0.3) is 0 Å². The van der Waals surface area contributed by atoms with Gasteiger partial charge in [-0.25, -0.2) is 0 Å². The first-order valence-electron chi connectivity index (χ1n) is 4.67. The van der Waals surface area contributed by atoms with Crippen LogP contribution in [0.25, 0.3) is 0 Å². The summed E-state index contributed by atoms with van der Waals surface area (Å²) in [4.78, 5) is 1.96. The number of rotatable bonds is 4. The zero-order valence-corrected chi connectivity index (χ0v) is 9.64. The molecule has 1 aromatic carbocycles. The molecule has 0 saturated carbocycles. The molecule has 0 aliphatic rings. The maximum atomic E-state index is 5.78. The second-order valence-corrected chi connectivity index (χ2v) is 3.42. The third-order valence-electron chi connectivity index (χ3n) is 2.24. The number of halogens is 1. The van der Waals surface area contributed by atoms with E-state index in [0.717, 1.165) is 17.9 Å². The van der Waals surface area contributed by atoms with Gasteiger partial charge >= 0.3 is 0 Å². The highest BCUT2D eigenvalue weighted by Gasteiger charge is 2.07. The SMILES string of the molecule is CCc1ccc(OC)c(N(C)CCl)c1. The summed E-state index contributed by atoms with van der Waals surface area (Å²) >= 11 is 5.78. The Morgan fingerprint density at radius 3 is 2.64 bits per heavy atom. The van der Waals surface area contributed by atoms with E-state index < -0.39 is 0 Å². The van der Waals surface area contributed by atoms with Gasteiger partial charge in [0, 0.05) is 7.05 Å². The van der Waals surface area contributed by atoms with Gasteiger partial charge in [-0.05, 0) is 24.1 Å². The molecular weight excluding hydrogens is 198 g/mol.